The van der Waals surface area contributed by atoms with E-state index in [1.54, 1.807) is 11.5 Å². The van der Waals surface area contributed by atoms with E-state index in [0.717, 1.165) is 23.2 Å². The summed E-state index contributed by atoms with van der Waals surface area (Å²) in [6.07, 6.45) is 0.300. The molecule has 0 saturated carbocycles. The Hall–Kier alpha value is -3.33. The summed E-state index contributed by atoms with van der Waals surface area (Å²) in [5.74, 6) is 1.08. The van der Waals surface area contributed by atoms with Crippen LogP contribution in [0.15, 0.2) is 47.6 Å². The number of hydrogen-bond acceptors (Lipinski definition) is 6. The summed E-state index contributed by atoms with van der Waals surface area (Å²) in [6, 6.07) is 13.6. The molecule has 1 heterocycles. The lowest BCUT2D eigenvalue weighted by Crippen LogP contribution is -2.36. The Labute approximate surface area is 204 Å². The predicted molar refractivity (Wildman–Crippen MR) is 134 cm³/mol. The summed E-state index contributed by atoms with van der Waals surface area (Å²) in [7, 11) is 1.81. The predicted octanol–water partition coefficient (Wildman–Crippen LogP) is 3.81. The van der Waals surface area contributed by atoms with Gasteiger partial charge in [0.1, 0.15) is 5.75 Å². The molecule has 0 radical (unpaired) electrons. The molecule has 2 N–H and O–H groups in total. The highest BCUT2D eigenvalue weighted by atomic mass is 32.2. The van der Waals surface area contributed by atoms with Crippen molar-refractivity contribution in [1.29, 1.82) is 0 Å². The van der Waals surface area contributed by atoms with Crippen LogP contribution in [0.4, 0.5) is 5.69 Å². The van der Waals surface area contributed by atoms with Crippen LogP contribution < -0.4 is 15.4 Å². The molecule has 0 bridgehead atoms. The van der Waals surface area contributed by atoms with E-state index in [-0.39, 0.29) is 24.1 Å². The standard InChI is InChI=1S/C25H31N5O3S/c1-6-19-9-11-20(12-10-19)33-18(4)24(32)26-14-22-28-29-25(30(22)5)34-15-23(31)27-21-13-16(2)7-8-17(21)3/h7-13,18H,6,14-15H2,1-5H3,(H,26,32)(H,27,31)/t18-/m0/s1. The zero-order valence-electron chi connectivity index (χ0n) is 20.2. The van der Waals surface area contributed by atoms with E-state index in [1.807, 2.05) is 63.4 Å². The number of thioether (sulfide) groups is 1. The Bertz CT molecular complexity index is 1140. The van der Waals surface area contributed by atoms with Gasteiger partial charge in [0.15, 0.2) is 17.1 Å². The summed E-state index contributed by atoms with van der Waals surface area (Å²) < 4.78 is 7.49. The van der Waals surface area contributed by atoms with Gasteiger partial charge in [-0.25, -0.2) is 0 Å². The fraction of sp³-hybridized carbons (Fsp3) is 0.360. The Morgan fingerprint density at radius 3 is 2.56 bits per heavy atom. The normalized spacial score (nSPS) is 11.7. The summed E-state index contributed by atoms with van der Waals surface area (Å²) in [6.45, 7) is 7.94. The molecule has 2 amide bonds. The van der Waals surface area contributed by atoms with E-state index in [2.05, 4.69) is 27.8 Å². The highest BCUT2D eigenvalue weighted by molar-refractivity contribution is 7.99. The number of carbonyl (C=O) groups excluding carboxylic acids is 2. The molecule has 180 valence electrons. The first-order valence-electron chi connectivity index (χ1n) is 11.2. The van der Waals surface area contributed by atoms with Gasteiger partial charge in [-0.2, -0.15) is 0 Å². The molecule has 0 saturated heterocycles. The number of nitrogens with one attached hydrogen (secondary N) is 2. The molecule has 0 aliphatic heterocycles. The van der Waals surface area contributed by atoms with Gasteiger partial charge in [0.05, 0.1) is 12.3 Å². The van der Waals surface area contributed by atoms with Crippen LogP contribution in [-0.2, 0) is 29.6 Å². The van der Waals surface area contributed by atoms with Crippen molar-refractivity contribution in [2.45, 2.75) is 51.9 Å². The van der Waals surface area contributed by atoms with Gasteiger partial charge < -0.3 is 19.9 Å². The van der Waals surface area contributed by atoms with E-state index < -0.39 is 6.10 Å². The lowest BCUT2D eigenvalue weighted by Gasteiger charge is -2.15. The minimum absolute atomic E-state index is 0.116. The summed E-state index contributed by atoms with van der Waals surface area (Å²) >= 11 is 1.29. The largest absolute Gasteiger partial charge is 0.481 e. The third kappa shape index (κ3) is 6.84. The second-order valence-electron chi connectivity index (χ2n) is 8.09. The van der Waals surface area contributed by atoms with Crippen LogP contribution in [0, 0.1) is 13.8 Å². The first-order valence-corrected chi connectivity index (χ1v) is 12.2. The van der Waals surface area contributed by atoms with Crippen LogP contribution in [0.1, 0.15) is 36.4 Å². The molecule has 9 heteroatoms. The average molecular weight is 482 g/mol. The van der Waals surface area contributed by atoms with E-state index >= 15 is 0 Å². The van der Waals surface area contributed by atoms with Crippen molar-refractivity contribution in [2.75, 3.05) is 11.1 Å². The Morgan fingerprint density at radius 2 is 1.85 bits per heavy atom. The number of carbonyl (C=O) groups is 2. The minimum atomic E-state index is -0.650. The second kappa shape index (κ2) is 11.7. The SMILES string of the molecule is CCc1ccc(O[C@@H](C)C(=O)NCc2nnc(SCC(=O)Nc3cc(C)ccc3C)n2C)cc1. The lowest BCUT2D eigenvalue weighted by molar-refractivity contribution is -0.127. The number of rotatable bonds is 10. The first-order chi connectivity index (χ1) is 16.3. The molecule has 0 spiro atoms. The molecular weight excluding hydrogens is 450 g/mol. The van der Waals surface area contributed by atoms with Gasteiger partial charge in [-0.1, -0.05) is 43.0 Å². The number of amides is 2. The molecule has 1 atom stereocenters. The number of aryl methyl sites for hydroxylation is 3. The molecule has 0 aliphatic carbocycles. The zero-order chi connectivity index (χ0) is 24.7. The van der Waals surface area contributed by atoms with Crippen LogP contribution in [0.5, 0.6) is 5.75 Å². The zero-order valence-corrected chi connectivity index (χ0v) is 21.0. The van der Waals surface area contributed by atoms with Gasteiger partial charge in [-0.3, -0.25) is 9.59 Å². The van der Waals surface area contributed by atoms with Crippen LogP contribution in [0.3, 0.4) is 0 Å². The number of benzene rings is 2. The average Bonchev–Trinajstić information content (AvgIpc) is 3.18. The molecule has 3 aromatic rings. The van der Waals surface area contributed by atoms with Crippen LogP contribution in [0.25, 0.3) is 0 Å². The lowest BCUT2D eigenvalue weighted by atomic mass is 10.1. The molecule has 2 aromatic carbocycles. The van der Waals surface area contributed by atoms with Gasteiger partial charge in [0.25, 0.3) is 5.91 Å². The number of aromatic nitrogens is 3. The molecule has 0 aliphatic rings. The van der Waals surface area contributed by atoms with Gasteiger partial charge in [-0.15, -0.1) is 10.2 Å². The molecule has 3 rings (SSSR count). The summed E-state index contributed by atoms with van der Waals surface area (Å²) in [4.78, 5) is 24.8. The Morgan fingerprint density at radius 1 is 1.12 bits per heavy atom. The molecular formula is C25H31N5O3S. The smallest absolute Gasteiger partial charge is 0.261 e. The summed E-state index contributed by atoms with van der Waals surface area (Å²) in [5.41, 5.74) is 4.12. The molecule has 34 heavy (non-hydrogen) atoms. The fourth-order valence-corrected chi connectivity index (χ4v) is 3.91. The number of hydrogen-bond donors (Lipinski definition) is 2. The van der Waals surface area contributed by atoms with Crippen LogP contribution >= 0.6 is 11.8 Å². The Balaban J connectivity index is 1.48. The van der Waals surface area contributed by atoms with Crippen LogP contribution in [-0.4, -0.2) is 38.4 Å². The van der Waals surface area contributed by atoms with Crippen molar-refractivity contribution in [3.05, 3.63) is 65.0 Å². The van der Waals surface area contributed by atoms with Crippen molar-refractivity contribution in [2.24, 2.45) is 7.05 Å². The number of nitrogens with zero attached hydrogens (tertiary/aromatic N) is 3. The maximum absolute atomic E-state index is 12.5. The maximum Gasteiger partial charge on any atom is 0.261 e. The maximum atomic E-state index is 12.5. The van der Waals surface area contributed by atoms with E-state index in [4.69, 9.17) is 4.74 Å². The second-order valence-corrected chi connectivity index (χ2v) is 9.03. The van der Waals surface area contributed by atoms with Gasteiger partial charge in [0, 0.05) is 12.7 Å². The number of ether oxygens (including phenoxy) is 1. The third-order valence-electron chi connectivity index (χ3n) is 5.36. The molecule has 1 aromatic heterocycles. The van der Waals surface area contributed by atoms with Crippen molar-refractivity contribution >= 4 is 29.3 Å². The van der Waals surface area contributed by atoms with Crippen molar-refractivity contribution in [1.82, 2.24) is 20.1 Å². The van der Waals surface area contributed by atoms with Gasteiger partial charge in [0.2, 0.25) is 5.91 Å². The van der Waals surface area contributed by atoms with Crippen molar-refractivity contribution in [3.8, 4) is 5.75 Å². The number of anilines is 1. The monoisotopic (exact) mass is 481 g/mol. The molecule has 8 nitrogen and oxygen atoms in total. The van der Waals surface area contributed by atoms with Crippen molar-refractivity contribution in [3.63, 3.8) is 0 Å². The fourth-order valence-electron chi connectivity index (χ4n) is 3.18. The van der Waals surface area contributed by atoms with Gasteiger partial charge in [-0.05, 0) is 62.1 Å². The van der Waals surface area contributed by atoms with Crippen molar-refractivity contribution < 1.29 is 14.3 Å². The minimum Gasteiger partial charge on any atom is -0.481 e. The first kappa shape index (κ1) is 25.3. The highest BCUT2D eigenvalue weighted by Crippen LogP contribution is 2.19. The quantitative estimate of drug-likeness (QED) is 0.428. The molecule has 0 unspecified atom stereocenters. The van der Waals surface area contributed by atoms with Crippen LogP contribution in [0.2, 0.25) is 0 Å². The topological polar surface area (TPSA) is 98.1 Å². The van der Waals surface area contributed by atoms with E-state index in [0.29, 0.717) is 16.7 Å². The van der Waals surface area contributed by atoms with E-state index in [1.165, 1.54) is 17.3 Å². The molecule has 0 fully saturated rings. The van der Waals surface area contributed by atoms with Gasteiger partial charge >= 0.3 is 0 Å². The highest BCUT2D eigenvalue weighted by Gasteiger charge is 2.17. The Kier molecular flexibility index (Phi) is 8.70. The third-order valence-corrected chi connectivity index (χ3v) is 6.38. The summed E-state index contributed by atoms with van der Waals surface area (Å²) in [5, 5.41) is 14.7. The van der Waals surface area contributed by atoms with E-state index in [9.17, 15) is 9.59 Å².